The monoisotopic (exact) mass is 323 g/mol. The molecule has 0 saturated heterocycles. The third kappa shape index (κ3) is 6.41. The SMILES string of the molecule is N#CC[C@H](/C=C/c1ccccc1)OC(=O)CSc1ccccc1. The van der Waals surface area contributed by atoms with Crippen molar-refractivity contribution in [3.05, 3.63) is 72.3 Å². The molecule has 0 heterocycles. The Hall–Kier alpha value is -2.51. The van der Waals surface area contributed by atoms with Crippen LogP contribution >= 0.6 is 11.8 Å². The van der Waals surface area contributed by atoms with Crippen LogP contribution in [0.15, 0.2) is 71.6 Å². The highest BCUT2D eigenvalue weighted by atomic mass is 32.2. The van der Waals surface area contributed by atoms with E-state index in [0.29, 0.717) is 0 Å². The lowest BCUT2D eigenvalue weighted by Gasteiger charge is -2.11. The Morgan fingerprint density at radius 2 is 1.78 bits per heavy atom. The van der Waals surface area contributed by atoms with Crippen LogP contribution in [-0.4, -0.2) is 17.8 Å². The molecule has 0 aliphatic rings. The van der Waals surface area contributed by atoms with Gasteiger partial charge < -0.3 is 4.74 Å². The highest BCUT2D eigenvalue weighted by Gasteiger charge is 2.11. The maximum Gasteiger partial charge on any atom is 0.316 e. The minimum absolute atomic E-state index is 0.144. The first-order chi connectivity index (χ1) is 11.3. The molecule has 0 unspecified atom stereocenters. The van der Waals surface area contributed by atoms with E-state index in [0.717, 1.165) is 10.5 Å². The molecule has 2 rings (SSSR count). The second kappa shape index (κ2) is 9.50. The molecule has 0 aliphatic heterocycles. The van der Waals surface area contributed by atoms with Crippen LogP contribution in [0.3, 0.4) is 0 Å². The van der Waals surface area contributed by atoms with Crippen molar-refractivity contribution < 1.29 is 9.53 Å². The first-order valence-electron chi connectivity index (χ1n) is 7.25. The van der Waals surface area contributed by atoms with E-state index in [2.05, 4.69) is 0 Å². The second-order valence-corrected chi connectivity index (χ2v) is 5.81. The van der Waals surface area contributed by atoms with Crippen molar-refractivity contribution in [3.8, 4) is 6.07 Å². The van der Waals surface area contributed by atoms with Crippen LogP contribution in [0.2, 0.25) is 0 Å². The molecule has 1 atom stereocenters. The van der Waals surface area contributed by atoms with Gasteiger partial charge in [0.2, 0.25) is 0 Å². The van der Waals surface area contributed by atoms with Crippen LogP contribution in [0.1, 0.15) is 12.0 Å². The zero-order valence-corrected chi connectivity index (χ0v) is 13.4. The number of rotatable bonds is 7. The minimum Gasteiger partial charge on any atom is -0.456 e. The summed E-state index contributed by atoms with van der Waals surface area (Å²) >= 11 is 1.42. The van der Waals surface area contributed by atoms with Gasteiger partial charge in [0.25, 0.3) is 0 Å². The molecule has 3 nitrogen and oxygen atoms in total. The predicted octanol–water partition coefficient (Wildman–Crippen LogP) is 4.32. The number of esters is 1. The van der Waals surface area contributed by atoms with E-state index >= 15 is 0 Å². The van der Waals surface area contributed by atoms with Crippen LogP contribution in [-0.2, 0) is 9.53 Å². The average Bonchev–Trinajstić information content (AvgIpc) is 2.60. The number of hydrogen-bond donors (Lipinski definition) is 0. The van der Waals surface area contributed by atoms with Gasteiger partial charge in [-0.25, -0.2) is 0 Å². The highest BCUT2D eigenvalue weighted by Crippen LogP contribution is 2.17. The van der Waals surface area contributed by atoms with E-state index < -0.39 is 6.10 Å². The van der Waals surface area contributed by atoms with E-state index in [4.69, 9.17) is 10.00 Å². The van der Waals surface area contributed by atoms with Gasteiger partial charge in [-0.3, -0.25) is 4.79 Å². The standard InChI is InChI=1S/C19H17NO2S/c20-14-13-17(12-11-16-7-3-1-4-8-16)22-19(21)15-23-18-9-5-2-6-10-18/h1-12,17H,13,15H2/b12-11+/t17-/m0/s1. The van der Waals surface area contributed by atoms with E-state index in [9.17, 15) is 4.79 Å². The van der Waals surface area contributed by atoms with Crippen LogP contribution in [0, 0.1) is 11.3 Å². The summed E-state index contributed by atoms with van der Waals surface area (Å²) in [5, 5.41) is 8.87. The molecule has 2 aromatic rings. The summed E-state index contributed by atoms with van der Waals surface area (Å²) in [6, 6.07) is 21.4. The number of carbonyl (C=O) groups excluding carboxylic acids is 1. The molecule has 0 saturated carbocycles. The van der Waals surface area contributed by atoms with Gasteiger partial charge in [-0.15, -0.1) is 11.8 Å². The number of hydrogen-bond acceptors (Lipinski definition) is 4. The highest BCUT2D eigenvalue weighted by molar-refractivity contribution is 8.00. The fourth-order valence-corrected chi connectivity index (χ4v) is 2.59. The smallest absolute Gasteiger partial charge is 0.316 e. The Bertz CT molecular complexity index is 678. The number of nitriles is 1. The Kier molecular flexibility index (Phi) is 6.96. The Labute approximate surface area is 140 Å². The number of benzene rings is 2. The molecular formula is C19H17NO2S. The molecule has 0 amide bonds. The van der Waals surface area contributed by atoms with Gasteiger partial charge in [-0.1, -0.05) is 54.6 Å². The fraction of sp³-hybridized carbons (Fsp3) is 0.158. The zero-order chi connectivity index (χ0) is 16.3. The third-order valence-electron chi connectivity index (χ3n) is 2.98. The van der Waals surface area contributed by atoms with Crippen molar-refractivity contribution in [1.29, 1.82) is 5.26 Å². The summed E-state index contributed by atoms with van der Waals surface area (Å²) in [7, 11) is 0. The van der Waals surface area contributed by atoms with E-state index in [1.165, 1.54) is 11.8 Å². The molecule has 0 spiro atoms. The molecule has 0 aromatic heterocycles. The molecule has 4 heteroatoms. The van der Waals surface area contributed by atoms with Crippen molar-refractivity contribution in [1.82, 2.24) is 0 Å². The normalized spacial score (nSPS) is 11.8. The topological polar surface area (TPSA) is 50.1 Å². The van der Waals surface area contributed by atoms with E-state index in [1.54, 1.807) is 6.08 Å². The molecule has 0 fully saturated rings. The maximum absolute atomic E-state index is 11.9. The molecule has 0 bridgehead atoms. The number of nitrogens with zero attached hydrogens (tertiary/aromatic N) is 1. The van der Waals surface area contributed by atoms with Crippen molar-refractivity contribution in [2.24, 2.45) is 0 Å². The molecule has 0 aliphatic carbocycles. The quantitative estimate of drug-likeness (QED) is 0.562. The molecule has 2 aromatic carbocycles. The van der Waals surface area contributed by atoms with Crippen LogP contribution in [0.5, 0.6) is 0 Å². The zero-order valence-electron chi connectivity index (χ0n) is 12.6. The lowest BCUT2D eigenvalue weighted by atomic mass is 10.1. The summed E-state index contributed by atoms with van der Waals surface area (Å²) in [5.41, 5.74) is 1.00. The Balaban J connectivity index is 1.87. The lowest BCUT2D eigenvalue weighted by molar-refractivity contribution is -0.143. The molecular weight excluding hydrogens is 306 g/mol. The lowest BCUT2D eigenvalue weighted by Crippen LogP contribution is -2.17. The Morgan fingerprint density at radius 1 is 1.13 bits per heavy atom. The van der Waals surface area contributed by atoms with Crippen LogP contribution in [0.4, 0.5) is 0 Å². The predicted molar refractivity (Wildman–Crippen MR) is 92.8 cm³/mol. The van der Waals surface area contributed by atoms with Gasteiger partial charge in [-0.2, -0.15) is 5.26 Å². The van der Waals surface area contributed by atoms with E-state index in [1.807, 2.05) is 72.8 Å². The summed E-state index contributed by atoms with van der Waals surface area (Å²) in [6.45, 7) is 0. The van der Waals surface area contributed by atoms with Crippen molar-refractivity contribution in [3.63, 3.8) is 0 Å². The summed E-state index contributed by atoms with van der Waals surface area (Å²) < 4.78 is 5.37. The van der Waals surface area contributed by atoms with Gasteiger partial charge in [0.15, 0.2) is 0 Å². The molecule has 23 heavy (non-hydrogen) atoms. The van der Waals surface area contributed by atoms with Crippen LogP contribution in [0.25, 0.3) is 6.08 Å². The number of carbonyl (C=O) groups is 1. The van der Waals surface area contributed by atoms with Crippen molar-refractivity contribution >= 4 is 23.8 Å². The first kappa shape index (κ1) is 16.9. The summed E-state index contributed by atoms with van der Waals surface area (Å²) in [4.78, 5) is 12.9. The first-order valence-corrected chi connectivity index (χ1v) is 8.24. The second-order valence-electron chi connectivity index (χ2n) is 4.76. The fourth-order valence-electron chi connectivity index (χ4n) is 1.88. The van der Waals surface area contributed by atoms with Gasteiger partial charge in [0.1, 0.15) is 6.10 Å². The average molecular weight is 323 g/mol. The van der Waals surface area contributed by atoms with Gasteiger partial charge in [0, 0.05) is 4.90 Å². The maximum atomic E-state index is 11.9. The van der Waals surface area contributed by atoms with E-state index in [-0.39, 0.29) is 18.1 Å². The minimum atomic E-state index is -0.524. The molecule has 116 valence electrons. The number of ether oxygens (including phenoxy) is 1. The van der Waals surface area contributed by atoms with Crippen LogP contribution < -0.4 is 0 Å². The third-order valence-corrected chi connectivity index (χ3v) is 3.96. The van der Waals surface area contributed by atoms with Crippen molar-refractivity contribution in [2.75, 3.05) is 5.75 Å². The largest absolute Gasteiger partial charge is 0.456 e. The van der Waals surface area contributed by atoms with Gasteiger partial charge in [0.05, 0.1) is 18.2 Å². The number of thioether (sulfide) groups is 1. The summed E-state index contributed by atoms with van der Waals surface area (Å²) in [6.07, 6.45) is 3.23. The molecule has 0 radical (unpaired) electrons. The molecule has 0 N–H and O–H groups in total. The summed E-state index contributed by atoms with van der Waals surface area (Å²) in [5.74, 6) is -0.0951. The van der Waals surface area contributed by atoms with Gasteiger partial charge in [-0.05, 0) is 23.8 Å². The van der Waals surface area contributed by atoms with Crippen molar-refractivity contribution in [2.45, 2.75) is 17.4 Å². The Morgan fingerprint density at radius 3 is 2.43 bits per heavy atom. The van der Waals surface area contributed by atoms with Gasteiger partial charge >= 0.3 is 5.97 Å².